The Morgan fingerprint density at radius 3 is 2.53 bits per heavy atom. The van der Waals surface area contributed by atoms with E-state index in [0.717, 1.165) is 16.9 Å². The molecular formula is C22H22ClN5O5S3. The zero-order valence-electron chi connectivity index (χ0n) is 19.1. The van der Waals surface area contributed by atoms with Gasteiger partial charge in [-0.3, -0.25) is 14.9 Å². The van der Waals surface area contributed by atoms with Crippen LogP contribution in [0.5, 0.6) is 0 Å². The van der Waals surface area contributed by atoms with Crippen molar-refractivity contribution >= 4 is 67.4 Å². The molecule has 10 nitrogen and oxygen atoms in total. The molecule has 2 aromatic carbocycles. The Morgan fingerprint density at radius 2 is 1.83 bits per heavy atom. The molecule has 1 fully saturated rings. The Labute approximate surface area is 221 Å². The van der Waals surface area contributed by atoms with Crippen molar-refractivity contribution in [3.05, 3.63) is 58.6 Å². The van der Waals surface area contributed by atoms with Crippen LogP contribution in [0.25, 0.3) is 0 Å². The molecule has 0 unspecified atom stereocenters. The fourth-order valence-corrected chi connectivity index (χ4v) is 6.33. The maximum atomic E-state index is 12.7. The van der Waals surface area contributed by atoms with Crippen LogP contribution in [0.2, 0.25) is 5.02 Å². The van der Waals surface area contributed by atoms with E-state index in [2.05, 4.69) is 20.8 Å². The first-order valence-electron chi connectivity index (χ1n) is 10.7. The molecule has 14 heteroatoms. The molecule has 0 bridgehead atoms. The van der Waals surface area contributed by atoms with E-state index in [1.165, 1.54) is 40.3 Å². The van der Waals surface area contributed by atoms with Crippen LogP contribution >= 0.6 is 34.7 Å². The number of morpholine rings is 1. The minimum atomic E-state index is -3.64. The number of benzene rings is 2. The summed E-state index contributed by atoms with van der Waals surface area (Å²) in [4.78, 5) is 24.9. The van der Waals surface area contributed by atoms with Crippen LogP contribution in [0.1, 0.15) is 15.9 Å². The highest BCUT2D eigenvalue weighted by atomic mass is 35.5. The van der Waals surface area contributed by atoms with Gasteiger partial charge in [-0.2, -0.15) is 4.31 Å². The van der Waals surface area contributed by atoms with E-state index in [1.54, 1.807) is 12.1 Å². The van der Waals surface area contributed by atoms with Crippen LogP contribution in [0.15, 0.2) is 51.7 Å². The third-order valence-corrected chi connectivity index (χ3v) is 9.43. The lowest BCUT2D eigenvalue weighted by Gasteiger charge is -2.26. The van der Waals surface area contributed by atoms with E-state index in [-0.39, 0.29) is 27.3 Å². The molecule has 190 valence electrons. The van der Waals surface area contributed by atoms with Gasteiger partial charge in [-0.05, 0) is 48.9 Å². The number of halogens is 1. The first kappa shape index (κ1) is 26.5. The molecule has 0 atom stereocenters. The van der Waals surface area contributed by atoms with Crippen molar-refractivity contribution in [1.29, 1.82) is 0 Å². The van der Waals surface area contributed by atoms with Crippen LogP contribution in [-0.4, -0.2) is 66.8 Å². The molecule has 0 aliphatic carbocycles. The van der Waals surface area contributed by atoms with Crippen molar-refractivity contribution in [2.45, 2.75) is 16.2 Å². The van der Waals surface area contributed by atoms with E-state index in [9.17, 15) is 18.0 Å². The van der Waals surface area contributed by atoms with E-state index in [4.69, 9.17) is 16.3 Å². The van der Waals surface area contributed by atoms with Gasteiger partial charge in [0.2, 0.25) is 21.1 Å². The third kappa shape index (κ3) is 6.60. The zero-order chi connectivity index (χ0) is 25.7. The summed E-state index contributed by atoms with van der Waals surface area (Å²) < 4.78 is 32.5. The Balaban J connectivity index is 1.30. The highest BCUT2D eigenvalue weighted by Crippen LogP contribution is 2.27. The molecule has 2 N–H and O–H groups in total. The summed E-state index contributed by atoms with van der Waals surface area (Å²) in [5, 5.41) is 14.2. The van der Waals surface area contributed by atoms with Gasteiger partial charge in [0.05, 0.1) is 23.9 Å². The maximum Gasteiger partial charge on any atom is 0.257 e. The number of aromatic nitrogens is 2. The predicted octanol–water partition coefficient (Wildman–Crippen LogP) is 3.50. The van der Waals surface area contributed by atoms with Crippen molar-refractivity contribution in [2.75, 3.05) is 42.7 Å². The van der Waals surface area contributed by atoms with Gasteiger partial charge in [-0.25, -0.2) is 8.42 Å². The molecule has 1 aliphatic rings. The van der Waals surface area contributed by atoms with Crippen LogP contribution in [0, 0.1) is 6.92 Å². The number of nitrogens with zero attached hydrogens (tertiary/aromatic N) is 3. The minimum Gasteiger partial charge on any atom is -0.379 e. The Morgan fingerprint density at radius 1 is 1.11 bits per heavy atom. The number of thioether (sulfide) groups is 1. The Hall–Kier alpha value is -2.55. The van der Waals surface area contributed by atoms with Crippen LogP contribution in [0.3, 0.4) is 0 Å². The summed E-state index contributed by atoms with van der Waals surface area (Å²) in [5.41, 5.74) is 1.79. The fourth-order valence-electron chi connectivity index (χ4n) is 3.20. The standard InChI is InChI=1S/C22H22ClN5O5S3/c1-14-2-5-16(12-18(14)23)24-19(29)13-34-22-27-26-21(35-22)25-20(30)15-3-6-17(7-4-15)36(31,32)28-8-10-33-11-9-28/h2-7,12H,8-11,13H2,1H3,(H,24,29)(H,25,26,30). The number of rotatable bonds is 8. The summed E-state index contributed by atoms with van der Waals surface area (Å²) >= 11 is 8.39. The van der Waals surface area contributed by atoms with Gasteiger partial charge in [0, 0.05) is 29.4 Å². The highest BCUT2D eigenvalue weighted by Gasteiger charge is 2.26. The molecule has 0 radical (unpaired) electrons. The lowest BCUT2D eigenvalue weighted by molar-refractivity contribution is -0.113. The summed E-state index contributed by atoms with van der Waals surface area (Å²) in [6, 6.07) is 11.0. The van der Waals surface area contributed by atoms with Gasteiger partial charge in [0.15, 0.2) is 4.34 Å². The first-order chi connectivity index (χ1) is 17.2. The number of carbonyl (C=O) groups is 2. The van der Waals surface area contributed by atoms with Crippen LogP contribution in [-0.2, 0) is 19.6 Å². The Bertz CT molecular complexity index is 1360. The normalized spacial score (nSPS) is 14.4. The molecule has 0 saturated carbocycles. The third-order valence-electron chi connectivity index (χ3n) is 5.13. The van der Waals surface area contributed by atoms with Crippen molar-refractivity contribution in [1.82, 2.24) is 14.5 Å². The second-order valence-electron chi connectivity index (χ2n) is 7.67. The largest absolute Gasteiger partial charge is 0.379 e. The molecule has 4 rings (SSSR count). The monoisotopic (exact) mass is 567 g/mol. The van der Waals surface area contributed by atoms with Gasteiger partial charge in [-0.1, -0.05) is 40.8 Å². The molecular weight excluding hydrogens is 546 g/mol. The molecule has 0 spiro atoms. The van der Waals surface area contributed by atoms with Gasteiger partial charge < -0.3 is 10.1 Å². The van der Waals surface area contributed by atoms with E-state index in [0.29, 0.717) is 41.4 Å². The zero-order valence-corrected chi connectivity index (χ0v) is 22.3. The molecule has 1 aliphatic heterocycles. The SMILES string of the molecule is Cc1ccc(NC(=O)CSc2nnc(NC(=O)c3ccc(S(=O)(=O)N4CCOCC4)cc3)s2)cc1Cl. The van der Waals surface area contributed by atoms with Gasteiger partial charge in [0.1, 0.15) is 0 Å². The lowest BCUT2D eigenvalue weighted by atomic mass is 10.2. The summed E-state index contributed by atoms with van der Waals surface area (Å²) in [7, 11) is -3.64. The van der Waals surface area contributed by atoms with Crippen molar-refractivity contribution in [2.24, 2.45) is 0 Å². The highest BCUT2D eigenvalue weighted by molar-refractivity contribution is 8.01. The smallest absolute Gasteiger partial charge is 0.257 e. The number of hydrogen-bond donors (Lipinski definition) is 2. The summed E-state index contributed by atoms with van der Waals surface area (Å²) in [5.74, 6) is -0.576. The van der Waals surface area contributed by atoms with Crippen molar-refractivity contribution in [3.8, 4) is 0 Å². The van der Waals surface area contributed by atoms with Crippen molar-refractivity contribution in [3.63, 3.8) is 0 Å². The molecule has 3 aromatic rings. The second kappa shape index (κ2) is 11.7. The number of nitrogens with one attached hydrogen (secondary N) is 2. The number of ether oxygens (including phenoxy) is 1. The minimum absolute atomic E-state index is 0.104. The number of aryl methyl sites for hydroxylation is 1. The molecule has 36 heavy (non-hydrogen) atoms. The topological polar surface area (TPSA) is 131 Å². The van der Waals surface area contributed by atoms with E-state index in [1.807, 2.05) is 13.0 Å². The molecule has 1 saturated heterocycles. The predicted molar refractivity (Wildman–Crippen MR) is 139 cm³/mol. The van der Waals surface area contributed by atoms with Crippen LogP contribution in [0.4, 0.5) is 10.8 Å². The average Bonchev–Trinajstić information content (AvgIpc) is 3.33. The molecule has 1 aromatic heterocycles. The quantitative estimate of drug-likeness (QED) is 0.312. The van der Waals surface area contributed by atoms with Crippen molar-refractivity contribution < 1.29 is 22.7 Å². The summed E-state index contributed by atoms with van der Waals surface area (Å²) in [6.07, 6.45) is 0. The van der Waals surface area contributed by atoms with E-state index < -0.39 is 15.9 Å². The molecule has 2 heterocycles. The maximum absolute atomic E-state index is 12.7. The molecule has 2 amide bonds. The summed E-state index contributed by atoms with van der Waals surface area (Å²) in [6.45, 7) is 3.18. The lowest BCUT2D eigenvalue weighted by Crippen LogP contribution is -2.40. The van der Waals surface area contributed by atoms with Gasteiger partial charge in [0.25, 0.3) is 5.91 Å². The van der Waals surface area contributed by atoms with Gasteiger partial charge in [-0.15, -0.1) is 10.2 Å². The number of amides is 2. The van der Waals surface area contributed by atoms with Gasteiger partial charge >= 0.3 is 0 Å². The second-order valence-corrected chi connectivity index (χ2v) is 12.2. The first-order valence-corrected chi connectivity index (χ1v) is 14.4. The number of carbonyl (C=O) groups excluding carboxylic acids is 2. The number of hydrogen-bond acceptors (Lipinski definition) is 9. The van der Waals surface area contributed by atoms with E-state index >= 15 is 0 Å². The number of anilines is 2. The fraction of sp³-hybridized carbons (Fsp3) is 0.273. The Kier molecular flexibility index (Phi) is 8.59. The van der Waals surface area contributed by atoms with Crippen LogP contribution < -0.4 is 10.6 Å². The average molecular weight is 568 g/mol. The number of sulfonamides is 1.